The average Bonchev–Trinajstić information content (AvgIpc) is 2.57. The van der Waals surface area contributed by atoms with E-state index in [1.807, 2.05) is 6.92 Å². The molecule has 0 aliphatic heterocycles. The van der Waals surface area contributed by atoms with Crippen LogP contribution in [0.1, 0.15) is 12.5 Å². The molecule has 0 spiro atoms. The van der Waals surface area contributed by atoms with Crippen LogP contribution in [-0.2, 0) is 6.54 Å². The number of benzene rings is 1. The molecule has 0 atom stereocenters. The van der Waals surface area contributed by atoms with Crippen molar-refractivity contribution in [1.29, 1.82) is 0 Å². The quantitative estimate of drug-likeness (QED) is 0.810. The molecular weight excluding hydrogens is 181 g/mol. The van der Waals surface area contributed by atoms with E-state index in [9.17, 15) is 4.39 Å². The molecule has 14 heavy (non-hydrogen) atoms. The van der Waals surface area contributed by atoms with Gasteiger partial charge in [-0.1, -0.05) is 6.92 Å². The second-order valence-electron chi connectivity index (χ2n) is 3.18. The van der Waals surface area contributed by atoms with Gasteiger partial charge in [0.15, 0.2) is 0 Å². The highest BCUT2D eigenvalue weighted by atomic mass is 19.1. The van der Waals surface area contributed by atoms with Crippen molar-refractivity contribution in [2.75, 3.05) is 6.54 Å². The van der Waals surface area contributed by atoms with Gasteiger partial charge in [-0.05, 0) is 24.7 Å². The lowest BCUT2D eigenvalue weighted by atomic mass is 10.2. The van der Waals surface area contributed by atoms with Gasteiger partial charge >= 0.3 is 0 Å². The molecule has 0 unspecified atom stereocenters. The van der Waals surface area contributed by atoms with Crippen LogP contribution in [0.25, 0.3) is 11.0 Å². The van der Waals surface area contributed by atoms with Gasteiger partial charge < -0.3 is 9.73 Å². The minimum atomic E-state index is -0.225. The number of furan rings is 1. The van der Waals surface area contributed by atoms with Gasteiger partial charge in [-0.15, -0.1) is 0 Å². The van der Waals surface area contributed by atoms with E-state index in [4.69, 9.17) is 4.42 Å². The van der Waals surface area contributed by atoms with E-state index < -0.39 is 0 Å². The van der Waals surface area contributed by atoms with Gasteiger partial charge in [0.25, 0.3) is 0 Å². The summed E-state index contributed by atoms with van der Waals surface area (Å²) in [6.07, 6.45) is 1.67. The molecule has 1 aromatic carbocycles. The number of hydrogen-bond acceptors (Lipinski definition) is 2. The topological polar surface area (TPSA) is 25.2 Å². The smallest absolute Gasteiger partial charge is 0.134 e. The first-order chi connectivity index (χ1) is 6.81. The highest BCUT2D eigenvalue weighted by Crippen LogP contribution is 2.21. The molecule has 0 saturated heterocycles. The number of rotatable bonds is 3. The first-order valence-corrected chi connectivity index (χ1v) is 4.67. The molecule has 1 N–H and O–H groups in total. The van der Waals surface area contributed by atoms with Crippen molar-refractivity contribution in [1.82, 2.24) is 5.32 Å². The van der Waals surface area contributed by atoms with E-state index in [1.165, 1.54) is 12.1 Å². The zero-order chi connectivity index (χ0) is 9.97. The van der Waals surface area contributed by atoms with Gasteiger partial charge in [0.2, 0.25) is 0 Å². The van der Waals surface area contributed by atoms with Crippen LogP contribution in [0.3, 0.4) is 0 Å². The molecule has 74 valence electrons. The van der Waals surface area contributed by atoms with Gasteiger partial charge in [0.1, 0.15) is 11.4 Å². The minimum Gasteiger partial charge on any atom is -0.464 e. The van der Waals surface area contributed by atoms with Crippen LogP contribution in [0.2, 0.25) is 0 Å². The first kappa shape index (κ1) is 9.21. The molecular formula is C11H12FNO. The summed E-state index contributed by atoms with van der Waals surface area (Å²) in [5, 5.41) is 4.03. The molecule has 0 aliphatic carbocycles. The summed E-state index contributed by atoms with van der Waals surface area (Å²) in [7, 11) is 0. The minimum absolute atomic E-state index is 0.225. The SMILES string of the molecule is CCNCc1coc2ccc(F)cc12. The van der Waals surface area contributed by atoms with Crippen molar-refractivity contribution >= 4 is 11.0 Å². The summed E-state index contributed by atoms with van der Waals surface area (Å²) in [5.74, 6) is -0.225. The summed E-state index contributed by atoms with van der Waals surface area (Å²) >= 11 is 0. The molecule has 2 aromatic rings. The highest BCUT2D eigenvalue weighted by molar-refractivity contribution is 5.80. The molecule has 0 amide bonds. The van der Waals surface area contributed by atoms with Crippen molar-refractivity contribution in [3.05, 3.63) is 35.8 Å². The number of nitrogens with one attached hydrogen (secondary N) is 1. The van der Waals surface area contributed by atoms with Crippen LogP contribution in [0.4, 0.5) is 4.39 Å². The number of fused-ring (bicyclic) bond motifs is 1. The third-order valence-corrected chi connectivity index (χ3v) is 2.18. The summed E-state index contributed by atoms with van der Waals surface area (Å²) < 4.78 is 18.2. The van der Waals surface area contributed by atoms with Crippen LogP contribution in [0.5, 0.6) is 0 Å². The zero-order valence-electron chi connectivity index (χ0n) is 8.01. The predicted octanol–water partition coefficient (Wildman–Crippen LogP) is 2.68. The van der Waals surface area contributed by atoms with Gasteiger partial charge in [0.05, 0.1) is 6.26 Å². The first-order valence-electron chi connectivity index (χ1n) is 4.67. The van der Waals surface area contributed by atoms with Gasteiger partial charge in [-0.25, -0.2) is 4.39 Å². The van der Waals surface area contributed by atoms with E-state index in [2.05, 4.69) is 5.32 Å². The molecule has 1 heterocycles. The molecule has 0 bridgehead atoms. The van der Waals surface area contributed by atoms with E-state index in [0.717, 1.165) is 23.1 Å². The van der Waals surface area contributed by atoms with Crippen LogP contribution in [-0.4, -0.2) is 6.54 Å². The van der Waals surface area contributed by atoms with Crippen molar-refractivity contribution in [2.45, 2.75) is 13.5 Å². The Bertz CT molecular complexity index is 436. The Hall–Kier alpha value is -1.35. The van der Waals surface area contributed by atoms with Crippen molar-refractivity contribution in [3.8, 4) is 0 Å². The largest absolute Gasteiger partial charge is 0.464 e. The highest BCUT2D eigenvalue weighted by Gasteiger charge is 2.05. The molecule has 2 rings (SSSR count). The third-order valence-electron chi connectivity index (χ3n) is 2.18. The summed E-state index contributed by atoms with van der Waals surface area (Å²) in [6.45, 7) is 3.64. The number of halogens is 1. The zero-order valence-corrected chi connectivity index (χ0v) is 8.01. The fourth-order valence-corrected chi connectivity index (χ4v) is 1.45. The summed E-state index contributed by atoms with van der Waals surface area (Å²) in [5.41, 5.74) is 1.74. The van der Waals surface area contributed by atoms with Crippen LogP contribution < -0.4 is 5.32 Å². The van der Waals surface area contributed by atoms with Crippen LogP contribution in [0, 0.1) is 5.82 Å². The second kappa shape index (κ2) is 3.80. The van der Waals surface area contributed by atoms with E-state index in [0.29, 0.717) is 6.54 Å². The lowest BCUT2D eigenvalue weighted by molar-refractivity contribution is 0.601. The molecule has 3 heteroatoms. The summed E-state index contributed by atoms with van der Waals surface area (Å²) in [6, 6.07) is 4.56. The fourth-order valence-electron chi connectivity index (χ4n) is 1.45. The monoisotopic (exact) mass is 193 g/mol. The molecule has 2 nitrogen and oxygen atoms in total. The van der Waals surface area contributed by atoms with Gasteiger partial charge in [-0.2, -0.15) is 0 Å². The Morgan fingerprint density at radius 1 is 1.43 bits per heavy atom. The maximum atomic E-state index is 13.0. The standard InChI is InChI=1S/C11H12FNO/c1-2-13-6-8-7-14-11-4-3-9(12)5-10(8)11/h3-5,7,13H,2,6H2,1H3. The molecule has 1 aromatic heterocycles. The van der Waals surface area contributed by atoms with Gasteiger partial charge in [-0.3, -0.25) is 0 Å². The number of hydrogen-bond donors (Lipinski definition) is 1. The lowest BCUT2D eigenvalue weighted by Crippen LogP contribution is -2.11. The van der Waals surface area contributed by atoms with Crippen molar-refractivity contribution < 1.29 is 8.81 Å². The van der Waals surface area contributed by atoms with Crippen molar-refractivity contribution in [3.63, 3.8) is 0 Å². The van der Waals surface area contributed by atoms with E-state index in [1.54, 1.807) is 12.3 Å². The molecule has 0 aliphatic rings. The van der Waals surface area contributed by atoms with Crippen molar-refractivity contribution in [2.24, 2.45) is 0 Å². The third kappa shape index (κ3) is 1.63. The summed E-state index contributed by atoms with van der Waals surface area (Å²) in [4.78, 5) is 0. The Labute approximate surface area is 81.7 Å². The Morgan fingerprint density at radius 2 is 2.29 bits per heavy atom. The Kier molecular flexibility index (Phi) is 2.50. The molecule has 0 fully saturated rings. The van der Waals surface area contributed by atoms with E-state index >= 15 is 0 Å². The fraction of sp³-hybridized carbons (Fsp3) is 0.273. The molecule has 0 saturated carbocycles. The van der Waals surface area contributed by atoms with Gasteiger partial charge in [0, 0.05) is 17.5 Å². The Morgan fingerprint density at radius 3 is 3.07 bits per heavy atom. The predicted molar refractivity (Wildman–Crippen MR) is 53.6 cm³/mol. The normalized spacial score (nSPS) is 11.0. The maximum absolute atomic E-state index is 13.0. The molecule has 0 radical (unpaired) electrons. The lowest BCUT2D eigenvalue weighted by Gasteiger charge is -1.98. The van der Waals surface area contributed by atoms with E-state index in [-0.39, 0.29) is 5.82 Å². The maximum Gasteiger partial charge on any atom is 0.134 e. The van der Waals surface area contributed by atoms with Crippen LogP contribution >= 0.6 is 0 Å². The second-order valence-corrected chi connectivity index (χ2v) is 3.18. The van der Waals surface area contributed by atoms with Crippen LogP contribution in [0.15, 0.2) is 28.9 Å². The average molecular weight is 193 g/mol. The Balaban J connectivity index is 2.40.